The van der Waals surface area contributed by atoms with Crippen LogP contribution in [0.1, 0.15) is 96.0 Å². The maximum absolute atomic E-state index is 13.9. The van der Waals surface area contributed by atoms with Crippen LogP contribution in [-0.4, -0.2) is 17.7 Å². The van der Waals surface area contributed by atoms with Crippen molar-refractivity contribution in [1.29, 1.82) is 0 Å². The van der Waals surface area contributed by atoms with Crippen LogP contribution in [0.5, 0.6) is 5.75 Å². The molecule has 0 aliphatic carbocycles. The number of hydrogen-bond acceptors (Lipinski definition) is 2. The number of hydrogen-bond donors (Lipinski definition) is 1. The fraction of sp³-hybridized carbons (Fsp3) is 0.625. The van der Waals surface area contributed by atoms with Crippen LogP contribution in [0.4, 0.5) is 4.39 Å². The lowest BCUT2D eigenvalue weighted by molar-refractivity contribution is -0.130. The molecule has 4 heteroatoms. The molecule has 0 radical (unpaired) electrons. The largest absolute Gasteiger partial charge is 0.491 e. The van der Waals surface area contributed by atoms with Crippen LogP contribution in [0.25, 0.3) is 0 Å². The van der Waals surface area contributed by atoms with Crippen molar-refractivity contribution in [2.45, 2.75) is 90.4 Å². The first-order valence-corrected chi connectivity index (χ1v) is 10.8. The predicted octanol–water partition coefficient (Wildman–Crippen LogP) is 6.73. The van der Waals surface area contributed by atoms with Gasteiger partial charge in [0.05, 0.1) is 6.61 Å². The summed E-state index contributed by atoms with van der Waals surface area (Å²) < 4.78 is 19.4. The molecule has 28 heavy (non-hydrogen) atoms. The molecule has 1 rings (SSSR count). The second kappa shape index (κ2) is 16.0. The Morgan fingerprint density at radius 2 is 1.46 bits per heavy atom. The summed E-state index contributed by atoms with van der Waals surface area (Å²) in [6, 6.07) is 4.27. The molecule has 0 aliphatic heterocycles. The van der Waals surface area contributed by atoms with Crippen molar-refractivity contribution < 1.29 is 19.0 Å². The molecule has 0 saturated heterocycles. The average molecular weight is 391 g/mol. The molecule has 0 unspecified atom stereocenters. The van der Waals surface area contributed by atoms with E-state index in [1.54, 1.807) is 6.07 Å². The van der Waals surface area contributed by atoms with E-state index >= 15 is 0 Å². The molecular weight excluding hydrogens is 355 g/mol. The molecule has 0 spiro atoms. The summed E-state index contributed by atoms with van der Waals surface area (Å²) >= 11 is 0. The summed E-state index contributed by atoms with van der Waals surface area (Å²) in [5.74, 6) is 2.81. The summed E-state index contributed by atoms with van der Waals surface area (Å²) in [6.45, 7) is 2.75. The number of halogens is 1. The highest BCUT2D eigenvalue weighted by Crippen LogP contribution is 2.19. The molecule has 0 heterocycles. The molecule has 0 aliphatic rings. The Hall–Kier alpha value is -2.02. The Morgan fingerprint density at radius 1 is 0.929 bits per heavy atom. The van der Waals surface area contributed by atoms with Crippen molar-refractivity contribution in [3.8, 4) is 17.6 Å². The smallest absolute Gasteiger partial charge is 0.382 e. The molecule has 156 valence electrons. The third kappa shape index (κ3) is 12.4. The van der Waals surface area contributed by atoms with Gasteiger partial charge in [-0.3, -0.25) is 0 Å². The van der Waals surface area contributed by atoms with Crippen LogP contribution in [0.15, 0.2) is 18.2 Å². The highest BCUT2D eigenvalue weighted by atomic mass is 19.1. The van der Waals surface area contributed by atoms with Crippen molar-refractivity contribution in [2.24, 2.45) is 0 Å². The number of carboxylic acid groups (broad SMARTS) is 1. The van der Waals surface area contributed by atoms with E-state index in [2.05, 4.69) is 12.8 Å². The first-order valence-electron chi connectivity index (χ1n) is 10.8. The third-order valence-electron chi connectivity index (χ3n) is 4.75. The molecular formula is C24H35FO3. The van der Waals surface area contributed by atoms with E-state index in [0.717, 1.165) is 12.8 Å². The van der Waals surface area contributed by atoms with Gasteiger partial charge in [-0.2, -0.15) is 0 Å². The maximum atomic E-state index is 13.9. The Labute approximate surface area is 169 Å². The number of carbonyl (C=O) groups is 1. The van der Waals surface area contributed by atoms with Crippen LogP contribution in [0.3, 0.4) is 0 Å². The predicted molar refractivity (Wildman–Crippen MR) is 112 cm³/mol. The van der Waals surface area contributed by atoms with E-state index < -0.39 is 11.8 Å². The quantitative estimate of drug-likeness (QED) is 0.267. The lowest BCUT2D eigenvalue weighted by Crippen LogP contribution is -1.99. The van der Waals surface area contributed by atoms with Gasteiger partial charge in [0.1, 0.15) is 0 Å². The molecule has 0 aromatic heterocycles. The molecule has 0 fully saturated rings. The lowest BCUT2D eigenvalue weighted by atomic mass is 10.0. The zero-order chi connectivity index (χ0) is 20.5. The van der Waals surface area contributed by atoms with Crippen molar-refractivity contribution in [3.05, 3.63) is 29.6 Å². The van der Waals surface area contributed by atoms with Crippen LogP contribution in [0.2, 0.25) is 0 Å². The first-order chi connectivity index (χ1) is 13.6. The minimum Gasteiger partial charge on any atom is -0.491 e. The molecule has 0 amide bonds. The van der Waals surface area contributed by atoms with Crippen molar-refractivity contribution in [3.63, 3.8) is 0 Å². The molecule has 0 bridgehead atoms. The number of aliphatic carboxylic acids is 1. The number of rotatable bonds is 15. The lowest BCUT2D eigenvalue weighted by Gasteiger charge is -2.07. The monoisotopic (exact) mass is 390 g/mol. The van der Waals surface area contributed by atoms with Crippen LogP contribution < -0.4 is 4.74 Å². The Kier molecular flexibility index (Phi) is 13.7. The van der Waals surface area contributed by atoms with Crippen LogP contribution in [0, 0.1) is 17.7 Å². The average Bonchev–Trinajstić information content (AvgIpc) is 2.68. The van der Waals surface area contributed by atoms with E-state index in [-0.39, 0.29) is 5.75 Å². The molecule has 1 aromatic carbocycles. The fourth-order valence-corrected chi connectivity index (χ4v) is 3.12. The topological polar surface area (TPSA) is 46.5 Å². The number of ether oxygens (including phenoxy) is 1. The molecule has 1 N–H and O–H groups in total. The first kappa shape index (κ1) is 24.0. The van der Waals surface area contributed by atoms with Crippen molar-refractivity contribution >= 4 is 5.97 Å². The zero-order valence-electron chi connectivity index (χ0n) is 17.3. The normalized spacial score (nSPS) is 10.4. The van der Waals surface area contributed by atoms with Gasteiger partial charge in [-0.15, -0.1) is 0 Å². The molecule has 1 aromatic rings. The molecule has 3 nitrogen and oxygen atoms in total. The standard InChI is InChI=1S/C24H35FO3/c1-2-3-4-5-6-7-8-9-10-11-12-13-14-19-28-23-17-15-21(20-22(23)25)16-18-24(26)27/h15,17,20H,2-14,19H2,1H3,(H,26,27). The van der Waals surface area contributed by atoms with Gasteiger partial charge < -0.3 is 9.84 Å². The van der Waals surface area contributed by atoms with Gasteiger partial charge in [-0.1, -0.05) is 89.9 Å². The Bertz CT molecular complexity index is 616. The number of benzene rings is 1. The summed E-state index contributed by atoms with van der Waals surface area (Å²) in [5, 5.41) is 8.50. The van der Waals surface area contributed by atoms with E-state index in [1.807, 2.05) is 5.92 Å². The minimum absolute atomic E-state index is 0.194. The van der Waals surface area contributed by atoms with E-state index in [0.29, 0.717) is 12.2 Å². The van der Waals surface area contributed by atoms with Gasteiger partial charge >= 0.3 is 5.97 Å². The SMILES string of the molecule is CCCCCCCCCCCCCCCOc1ccc(C#CC(=O)O)cc1F. The van der Waals surface area contributed by atoms with Crippen LogP contribution >= 0.6 is 0 Å². The third-order valence-corrected chi connectivity index (χ3v) is 4.75. The fourth-order valence-electron chi connectivity index (χ4n) is 3.12. The molecule has 0 saturated carbocycles. The number of carboxylic acids is 1. The van der Waals surface area contributed by atoms with Gasteiger partial charge in [0, 0.05) is 11.5 Å². The van der Waals surface area contributed by atoms with Crippen molar-refractivity contribution in [2.75, 3.05) is 6.61 Å². The second-order valence-corrected chi connectivity index (χ2v) is 7.29. The summed E-state index contributed by atoms with van der Waals surface area (Å²) in [6.07, 6.45) is 16.7. The second-order valence-electron chi connectivity index (χ2n) is 7.29. The Morgan fingerprint density at radius 3 is 1.96 bits per heavy atom. The van der Waals surface area contributed by atoms with E-state index in [4.69, 9.17) is 9.84 Å². The zero-order valence-corrected chi connectivity index (χ0v) is 17.3. The van der Waals surface area contributed by atoms with E-state index in [9.17, 15) is 9.18 Å². The van der Waals surface area contributed by atoms with Gasteiger partial charge in [0.2, 0.25) is 0 Å². The highest BCUT2D eigenvalue weighted by molar-refractivity contribution is 5.87. The molecule has 0 atom stereocenters. The number of unbranched alkanes of at least 4 members (excludes halogenated alkanes) is 12. The van der Waals surface area contributed by atoms with Gasteiger partial charge in [0.25, 0.3) is 0 Å². The van der Waals surface area contributed by atoms with Gasteiger partial charge in [-0.25, -0.2) is 9.18 Å². The summed E-state index contributed by atoms with van der Waals surface area (Å²) in [4.78, 5) is 10.4. The van der Waals surface area contributed by atoms with Crippen molar-refractivity contribution in [1.82, 2.24) is 0 Å². The minimum atomic E-state index is -1.23. The highest BCUT2D eigenvalue weighted by Gasteiger charge is 2.04. The Balaban J connectivity index is 2.00. The van der Waals surface area contributed by atoms with Gasteiger partial charge in [0.15, 0.2) is 11.6 Å². The maximum Gasteiger partial charge on any atom is 0.382 e. The van der Waals surface area contributed by atoms with Crippen LogP contribution in [-0.2, 0) is 4.79 Å². The van der Waals surface area contributed by atoms with Gasteiger partial charge in [-0.05, 0) is 24.6 Å². The van der Waals surface area contributed by atoms with E-state index in [1.165, 1.54) is 82.8 Å². The summed E-state index contributed by atoms with van der Waals surface area (Å²) in [7, 11) is 0. The summed E-state index contributed by atoms with van der Waals surface area (Å²) in [5.41, 5.74) is 0.327.